The zero-order valence-corrected chi connectivity index (χ0v) is 12.7. The van der Waals surface area contributed by atoms with E-state index in [1.54, 1.807) is 32.0 Å². The first-order chi connectivity index (χ1) is 9.85. The van der Waals surface area contributed by atoms with Crippen molar-refractivity contribution in [1.82, 2.24) is 10.0 Å². The summed E-state index contributed by atoms with van der Waals surface area (Å²) < 4.78 is 5.11. The van der Waals surface area contributed by atoms with Gasteiger partial charge in [0.1, 0.15) is 5.60 Å². The van der Waals surface area contributed by atoms with Crippen molar-refractivity contribution in [3.05, 3.63) is 34.2 Å². The highest BCUT2D eigenvalue weighted by Gasteiger charge is 2.26. The maximum absolute atomic E-state index is 11.8. The SMILES string of the molecule is CC(C)(C)OC(=O)ON1CCC(c2ccc[nH]c2=O)CC1. The first-order valence-corrected chi connectivity index (χ1v) is 7.18. The number of hydrogen-bond acceptors (Lipinski definition) is 5. The number of carbonyl (C=O) groups is 1. The van der Waals surface area contributed by atoms with E-state index in [1.165, 1.54) is 0 Å². The van der Waals surface area contributed by atoms with Crippen LogP contribution in [0, 0.1) is 0 Å². The van der Waals surface area contributed by atoms with Crippen LogP contribution in [0.1, 0.15) is 45.1 Å². The van der Waals surface area contributed by atoms with Crippen molar-refractivity contribution < 1.29 is 14.4 Å². The smallest absolute Gasteiger partial charge is 0.427 e. The Hall–Kier alpha value is -1.82. The van der Waals surface area contributed by atoms with E-state index in [9.17, 15) is 9.59 Å². The number of aromatic nitrogens is 1. The number of hydroxylamine groups is 2. The summed E-state index contributed by atoms with van der Waals surface area (Å²) in [6.07, 6.45) is 2.50. The van der Waals surface area contributed by atoms with Crippen molar-refractivity contribution in [3.63, 3.8) is 0 Å². The molecule has 1 aliphatic rings. The molecule has 2 rings (SSSR count). The Kier molecular flexibility index (Phi) is 4.67. The zero-order valence-electron chi connectivity index (χ0n) is 12.7. The average molecular weight is 294 g/mol. The number of H-pyrrole nitrogens is 1. The van der Waals surface area contributed by atoms with Crippen LogP contribution in [0.25, 0.3) is 0 Å². The van der Waals surface area contributed by atoms with Crippen LogP contribution in [-0.2, 0) is 9.57 Å². The van der Waals surface area contributed by atoms with Crippen molar-refractivity contribution in [1.29, 1.82) is 0 Å². The molecule has 0 spiro atoms. The topological polar surface area (TPSA) is 71.6 Å². The van der Waals surface area contributed by atoms with Gasteiger partial charge in [-0.1, -0.05) is 6.07 Å². The van der Waals surface area contributed by atoms with E-state index in [1.807, 2.05) is 12.1 Å². The van der Waals surface area contributed by atoms with Crippen LogP contribution in [0.3, 0.4) is 0 Å². The molecule has 1 fully saturated rings. The van der Waals surface area contributed by atoms with Gasteiger partial charge in [0.2, 0.25) is 0 Å². The molecule has 21 heavy (non-hydrogen) atoms. The summed E-state index contributed by atoms with van der Waals surface area (Å²) in [6, 6.07) is 3.69. The van der Waals surface area contributed by atoms with E-state index < -0.39 is 11.8 Å². The van der Waals surface area contributed by atoms with Crippen molar-refractivity contribution >= 4 is 6.16 Å². The minimum absolute atomic E-state index is 0.0380. The third-order valence-electron chi connectivity index (χ3n) is 3.34. The summed E-state index contributed by atoms with van der Waals surface area (Å²) in [5, 5.41) is 1.60. The molecular weight excluding hydrogens is 272 g/mol. The second-order valence-corrected chi connectivity index (χ2v) is 6.21. The van der Waals surface area contributed by atoms with Crippen LogP contribution in [-0.4, -0.2) is 34.9 Å². The van der Waals surface area contributed by atoms with Gasteiger partial charge in [-0.3, -0.25) is 4.79 Å². The van der Waals surface area contributed by atoms with Gasteiger partial charge < -0.3 is 14.6 Å². The summed E-state index contributed by atoms with van der Waals surface area (Å²) in [4.78, 5) is 31.2. The lowest BCUT2D eigenvalue weighted by Gasteiger charge is -2.30. The summed E-state index contributed by atoms with van der Waals surface area (Å²) >= 11 is 0. The lowest BCUT2D eigenvalue weighted by molar-refractivity contribution is -0.152. The predicted octanol–water partition coefficient (Wildman–Crippen LogP) is 2.42. The Balaban J connectivity index is 1.85. The molecule has 6 heteroatoms. The quantitative estimate of drug-likeness (QED) is 0.848. The van der Waals surface area contributed by atoms with Crippen LogP contribution in [0.5, 0.6) is 0 Å². The lowest BCUT2D eigenvalue weighted by Crippen LogP contribution is -2.37. The summed E-state index contributed by atoms with van der Waals surface area (Å²) in [6.45, 7) is 6.57. The minimum atomic E-state index is -0.682. The number of piperidine rings is 1. The highest BCUT2D eigenvalue weighted by Crippen LogP contribution is 2.25. The lowest BCUT2D eigenvalue weighted by atomic mass is 9.91. The van der Waals surface area contributed by atoms with Gasteiger partial charge in [0, 0.05) is 24.8 Å². The van der Waals surface area contributed by atoms with E-state index in [2.05, 4.69) is 4.98 Å². The predicted molar refractivity (Wildman–Crippen MR) is 77.9 cm³/mol. The second kappa shape index (κ2) is 6.30. The summed E-state index contributed by atoms with van der Waals surface area (Å²) in [5.41, 5.74) is 0.200. The third kappa shape index (κ3) is 4.60. The number of rotatable bonds is 2. The van der Waals surface area contributed by atoms with Crippen LogP contribution in [0.15, 0.2) is 23.1 Å². The average Bonchev–Trinajstić information content (AvgIpc) is 2.38. The number of nitrogens with one attached hydrogen (secondary N) is 1. The van der Waals surface area contributed by atoms with E-state index in [-0.39, 0.29) is 11.5 Å². The maximum atomic E-state index is 11.8. The fraction of sp³-hybridized carbons (Fsp3) is 0.600. The molecule has 6 nitrogen and oxygen atoms in total. The standard InChI is InChI=1S/C15H22N2O4/c1-15(2,3)20-14(19)21-17-9-6-11(7-10-17)12-5-4-8-16-13(12)18/h4-5,8,11H,6-7,9-10H2,1-3H3,(H,16,18). The zero-order chi connectivity index (χ0) is 15.5. The van der Waals surface area contributed by atoms with Crippen molar-refractivity contribution in [2.45, 2.75) is 45.1 Å². The molecule has 0 aromatic carbocycles. The van der Waals surface area contributed by atoms with Gasteiger partial charge in [0.05, 0.1) is 0 Å². The van der Waals surface area contributed by atoms with Crippen LogP contribution >= 0.6 is 0 Å². The Labute approximate surface area is 124 Å². The molecule has 1 N–H and O–H groups in total. The Morgan fingerprint density at radius 3 is 2.57 bits per heavy atom. The highest BCUT2D eigenvalue weighted by molar-refractivity contribution is 5.60. The molecule has 0 radical (unpaired) electrons. The number of nitrogens with zero attached hydrogens (tertiary/aromatic N) is 1. The normalized spacial score (nSPS) is 17.5. The molecule has 0 atom stereocenters. The van der Waals surface area contributed by atoms with E-state index in [0.29, 0.717) is 13.1 Å². The molecule has 0 bridgehead atoms. The number of ether oxygens (including phenoxy) is 1. The molecule has 0 amide bonds. The fourth-order valence-corrected chi connectivity index (χ4v) is 2.39. The van der Waals surface area contributed by atoms with E-state index in [4.69, 9.17) is 9.57 Å². The molecule has 0 aliphatic carbocycles. The third-order valence-corrected chi connectivity index (χ3v) is 3.34. The minimum Gasteiger partial charge on any atom is -0.427 e. The Morgan fingerprint density at radius 1 is 1.33 bits per heavy atom. The van der Waals surface area contributed by atoms with Crippen LogP contribution in [0.2, 0.25) is 0 Å². The Bertz CT molecular complexity index is 539. The summed E-state index contributed by atoms with van der Waals surface area (Å²) in [5.74, 6) is 0.202. The molecule has 1 aromatic heterocycles. The van der Waals surface area contributed by atoms with E-state index >= 15 is 0 Å². The van der Waals surface area contributed by atoms with Gasteiger partial charge in [-0.2, -0.15) is 0 Å². The van der Waals surface area contributed by atoms with Gasteiger partial charge in [-0.15, -0.1) is 5.06 Å². The van der Waals surface area contributed by atoms with E-state index in [0.717, 1.165) is 18.4 Å². The molecule has 2 heterocycles. The first-order valence-electron chi connectivity index (χ1n) is 7.18. The molecule has 116 valence electrons. The van der Waals surface area contributed by atoms with Crippen molar-refractivity contribution in [3.8, 4) is 0 Å². The fourth-order valence-electron chi connectivity index (χ4n) is 2.39. The monoisotopic (exact) mass is 294 g/mol. The van der Waals surface area contributed by atoms with Gasteiger partial charge in [-0.05, 0) is 45.6 Å². The van der Waals surface area contributed by atoms with Crippen molar-refractivity contribution in [2.75, 3.05) is 13.1 Å². The molecule has 1 aliphatic heterocycles. The van der Waals surface area contributed by atoms with Gasteiger partial charge in [0.15, 0.2) is 0 Å². The van der Waals surface area contributed by atoms with Gasteiger partial charge in [0.25, 0.3) is 5.56 Å². The second-order valence-electron chi connectivity index (χ2n) is 6.21. The van der Waals surface area contributed by atoms with Crippen LogP contribution < -0.4 is 5.56 Å². The molecule has 0 unspecified atom stereocenters. The molecule has 0 saturated carbocycles. The van der Waals surface area contributed by atoms with Crippen molar-refractivity contribution in [2.24, 2.45) is 0 Å². The molecule has 1 saturated heterocycles. The number of hydrogen-bond donors (Lipinski definition) is 1. The molecule has 1 aromatic rings. The van der Waals surface area contributed by atoms with Gasteiger partial charge >= 0.3 is 6.16 Å². The highest BCUT2D eigenvalue weighted by atomic mass is 16.8. The number of pyridine rings is 1. The van der Waals surface area contributed by atoms with Crippen LogP contribution in [0.4, 0.5) is 4.79 Å². The largest absolute Gasteiger partial charge is 0.528 e. The first kappa shape index (κ1) is 15.6. The summed E-state index contributed by atoms with van der Waals surface area (Å²) in [7, 11) is 0. The number of carbonyl (C=O) groups excluding carboxylic acids is 1. The molecular formula is C15H22N2O4. The number of aromatic amines is 1. The van der Waals surface area contributed by atoms with Gasteiger partial charge in [-0.25, -0.2) is 4.79 Å². The Morgan fingerprint density at radius 2 is 2.00 bits per heavy atom. The maximum Gasteiger partial charge on any atom is 0.528 e.